The molecule has 6 atom stereocenters. The van der Waals surface area contributed by atoms with Crippen molar-refractivity contribution < 1.29 is 62.6 Å². The molecule has 0 radical (unpaired) electrons. The van der Waals surface area contributed by atoms with Crippen LogP contribution < -0.4 is 59.7 Å². The predicted molar refractivity (Wildman–Crippen MR) is 235 cm³/mol. The molecule has 1 aliphatic carbocycles. The van der Waals surface area contributed by atoms with Crippen LogP contribution in [0.1, 0.15) is 83.6 Å². The average Bonchev–Trinajstić information content (AvgIpc) is 3.74. The first kappa shape index (κ1) is 54.0. The highest BCUT2D eigenvalue weighted by Gasteiger charge is 2.43. The summed E-state index contributed by atoms with van der Waals surface area (Å²) < 4.78 is 0. The Kier molecular flexibility index (Phi) is 20.5. The normalized spacial score (nSPS) is 22.5. The summed E-state index contributed by atoms with van der Waals surface area (Å²) in [6.07, 6.45) is -1.02. The van der Waals surface area contributed by atoms with Gasteiger partial charge >= 0.3 is 0 Å². The van der Waals surface area contributed by atoms with Gasteiger partial charge in [-0.3, -0.25) is 57.5 Å². The van der Waals surface area contributed by atoms with Gasteiger partial charge in [-0.2, -0.15) is 0 Å². The summed E-state index contributed by atoms with van der Waals surface area (Å²) in [5, 5.41) is 29.5. The number of likely N-dealkylation sites (N-methyl/N-ethyl adjacent to an activating group) is 1. The Morgan fingerprint density at radius 2 is 1.40 bits per heavy atom. The van der Waals surface area contributed by atoms with E-state index in [1.165, 1.54) is 31.3 Å². The number of aromatic hydroxyl groups is 1. The molecule has 368 valence electrons. The molecule has 1 aromatic rings. The number of carbonyl (C=O) groups excluding carboxylic acids is 12. The number of nitrogens with one attached hydrogen (secondary N) is 8. The molecule has 2 fully saturated rings. The zero-order chi connectivity index (χ0) is 50.0. The molecule has 0 aromatic heterocycles. The number of amides is 12. The van der Waals surface area contributed by atoms with Gasteiger partial charge in [-0.15, -0.1) is 0 Å². The highest BCUT2D eigenvalue weighted by atomic mass is 16.3. The molecule has 2 aliphatic rings. The molecule has 0 spiro atoms. The molecule has 1 aliphatic heterocycles. The van der Waals surface area contributed by atoms with E-state index in [-0.39, 0.29) is 25.0 Å². The van der Waals surface area contributed by atoms with Crippen molar-refractivity contribution in [2.45, 2.75) is 120 Å². The highest BCUT2D eigenvalue weighted by Crippen LogP contribution is 2.30. The number of carbonyl (C=O) groups is 12. The number of phenolic OH excluding ortho intramolecular Hbond substituents is 1. The zero-order valence-corrected chi connectivity index (χ0v) is 37.7. The smallest absolute Gasteiger partial charge is 0.246 e. The number of nitrogens with two attached hydrogens (primary N) is 3. The Balaban J connectivity index is 2.01. The third-order valence-corrected chi connectivity index (χ3v) is 11.3. The van der Waals surface area contributed by atoms with Crippen molar-refractivity contribution >= 4 is 70.9 Å². The maximum atomic E-state index is 14.0. The maximum absolute atomic E-state index is 14.0. The summed E-state index contributed by atoms with van der Waals surface area (Å²) in [6, 6.07) is -2.09. The van der Waals surface area contributed by atoms with Gasteiger partial charge in [0, 0.05) is 26.3 Å². The molecule has 1 heterocycles. The Hall–Kier alpha value is -7.34. The lowest BCUT2D eigenvalue weighted by Crippen LogP contribution is -2.61. The summed E-state index contributed by atoms with van der Waals surface area (Å²) in [4.78, 5) is 159. The second kappa shape index (κ2) is 25.4. The molecule has 15 N–H and O–H groups in total. The minimum absolute atomic E-state index is 0.0703. The first-order valence-corrected chi connectivity index (χ1v) is 21.8. The van der Waals surface area contributed by atoms with E-state index in [1.54, 1.807) is 13.8 Å². The molecule has 1 saturated carbocycles. The third-order valence-electron chi connectivity index (χ3n) is 11.3. The van der Waals surface area contributed by atoms with Crippen LogP contribution >= 0.6 is 0 Å². The highest BCUT2D eigenvalue weighted by molar-refractivity contribution is 5.99. The van der Waals surface area contributed by atoms with Crippen molar-refractivity contribution in [3.8, 4) is 5.75 Å². The average molecular weight is 943 g/mol. The Labute approximate surface area is 385 Å². The van der Waals surface area contributed by atoms with Crippen LogP contribution in [0.2, 0.25) is 0 Å². The van der Waals surface area contributed by atoms with Gasteiger partial charge in [0.1, 0.15) is 41.5 Å². The Morgan fingerprint density at radius 1 is 0.791 bits per heavy atom. The van der Waals surface area contributed by atoms with E-state index < -0.39 is 164 Å². The van der Waals surface area contributed by atoms with Crippen molar-refractivity contribution in [3.63, 3.8) is 0 Å². The SMILES string of the molecule is CCC(C)C1NC(=O)[C@H](Cc2ccc(O)cc2)NC(=O)CNC(=O)CCC(C(=O)N(C)CC(=O)NC2(C(=O)NCC(N)=O)CCCC2)NC(=O)[C@H](CC(N)=O)NC(=O)[C@H](CCC(N)=O)NC1=O. The van der Waals surface area contributed by atoms with Gasteiger partial charge in [0.05, 0.1) is 26.1 Å². The minimum Gasteiger partial charge on any atom is -0.508 e. The van der Waals surface area contributed by atoms with Crippen LogP contribution in [0.5, 0.6) is 5.75 Å². The Morgan fingerprint density at radius 3 is 2.00 bits per heavy atom. The van der Waals surface area contributed by atoms with Gasteiger partial charge in [-0.1, -0.05) is 45.2 Å². The molecule has 67 heavy (non-hydrogen) atoms. The second-order valence-corrected chi connectivity index (χ2v) is 16.7. The predicted octanol–water partition coefficient (Wildman–Crippen LogP) is -5.06. The second-order valence-electron chi connectivity index (χ2n) is 16.7. The zero-order valence-electron chi connectivity index (χ0n) is 37.7. The fourth-order valence-electron chi connectivity index (χ4n) is 7.44. The van der Waals surface area contributed by atoms with E-state index in [2.05, 4.69) is 42.5 Å². The molecule has 3 rings (SSSR count). The van der Waals surface area contributed by atoms with Crippen LogP contribution in [-0.4, -0.2) is 143 Å². The third kappa shape index (κ3) is 17.2. The van der Waals surface area contributed by atoms with E-state index in [0.717, 1.165) is 4.90 Å². The van der Waals surface area contributed by atoms with Crippen molar-refractivity contribution in [2.75, 3.05) is 26.7 Å². The van der Waals surface area contributed by atoms with Gasteiger partial charge in [0.25, 0.3) is 0 Å². The molecule has 3 unspecified atom stereocenters. The van der Waals surface area contributed by atoms with Gasteiger partial charge in [0.15, 0.2) is 0 Å². The molecular formula is C42H62N12O13. The molecule has 0 bridgehead atoms. The maximum Gasteiger partial charge on any atom is 0.246 e. The molecule has 12 amide bonds. The lowest BCUT2D eigenvalue weighted by molar-refractivity contribution is -0.141. The molecule has 25 nitrogen and oxygen atoms in total. The quantitative estimate of drug-likeness (QED) is 0.0740. The summed E-state index contributed by atoms with van der Waals surface area (Å²) >= 11 is 0. The van der Waals surface area contributed by atoms with Gasteiger partial charge in [-0.25, -0.2) is 0 Å². The summed E-state index contributed by atoms with van der Waals surface area (Å²) in [6.45, 7) is 1.50. The van der Waals surface area contributed by atoms with Crippen LogP contribution in [-0.2, 0) is 64.0 Å². The van der Waals surface area contributed by atoms with Crippen molar-refractivity contribution in [1.82, 2.24) is 47.4 Å². The van der Waals surface area contributed by atoms with Crippen LogP contribution in [0.3, 0.4) is 0 Å². The van der Waals surface area contributed by atoms with Gasteiger partial charge in [0.2, 0.25) is 70.9 Å². The van der Waals surface area contributed by atoms with E-state index in [0.29, 0.717) is 24.8 Å². The van der Waals surface area contributed by atoms with Crippen LogP contribution in [0.15, 0.2) is 24.3 Å². The van der Waals surface area contributed by atoms with Crippen molar-refractivity contribution in [1.29, 1.82) is 0 Å². The van der Waals surface area contributed by atoms with Gasteiger partial charge in [-0.05, 0) is 49.3 Å². The number of rotatable bonds is 16. The van der Waals surface area contributed by atoms with Crippen molar-refractivity contribution in [3.05, 3.63) is 29.8 Å². The van der Waals surface area contributed by atoms with E-state index in [1.807, 2.05) is 0 Å². The van der Waals surface area contributed by atoms with E-state index in [4.69, 9.17) is 17.2 Å². The number of phenols is 1. The topological polar surface area (TPSA) is 403 Å². The monoisotopic (exact) mass is 942 g/mol. The summed E-state index contributed by atoms with van der Waals surface area (Å²) in [5.41, 5.74) is 15.0. The lowest BCUT2D eigenvalue weighted by Gasteiger charge is -2.31. The number of hydrogen-bond donors (Lipinski definition) is 12. The standard InChI is InChI=1S/C42H62N12O13/c1-4-22(2)35-39(65)49-25(11-13-29(43)56)36(62)51-28(18-30(44)57)37(63)50-26(40(66)54(3)21-34(61)53-42(15-5-6-16-42)41(67)47-19-31(45)58)12-14-32(59)46-20-33(60)48-27(38(64)52-35)17-23-7-9-24(55)10-8-23/h7-10,22,25-28,35,55H,4-6,11-21H2,1-3H3,(H2,43,56)(H2,44,57)(H2,45,58)(H,46,59)(H,47,67)(H,48,60)(H,49,65)(H,50,63)(H,51,62)(H,52,64)(H,53,61)/t22?,25-,26?,27-,28-,35?/m0/s1. The lowest BCUT2D eigenvalue weighted by atomic mass is 9.96. The van der Waals surface area contributed by atoms with Gasteiger partial charge < -0.3 is 69.7 Å². The fourth-order valence-corrected chi connectivity index (χ4v) is 7.44. The molecule has 1 saturated heterocycles. The minimum atomic E-state index is -1.82. The van der Waals surface area contributed by atoms with E-state index in [9.17, 15) is 62.6 Å². The number of primary amides is 3. The van der Waals surface area contributed by atoms with Crippen LogP contribution in [0, 0.1) is 5.92 Å². The van der Waals surface area contributed by atoms with Crippen LogP contribution in [0.4, 0.5) is 0 Å². The fraction of sp³-hybridized carbons (Fsp3) is 0.571. The van der Waals surface area contributed by atoms with Crippen LogP contribution in [0.25, 0.3) is 0 Å². The van der Waals surface area contributed by atoms with E-state index >= 15 is 0 Å². The first-order chi connectivity index (χ1) is 31.5. The molecule has 25 heteroatoms. The Bertz CT molecular complexity index is 2040. The summed E-state index contributed by atoms with van der Waals surface area (Å²) in [7, 11) is 1.19. The molecular weight excluding hydrogens is 881 g/mol. The largest absolute Gasteiger partial charge is 0.508 e. The van der Waals surface area contributed by atoms with Crippen molar-refractivity contribution in [2.24, 2.45) is 23.1 Å². The number of benzene rings is 1. The number of nitrogens with zero attached hydrogens (tertiary/aromatic N) is 1. The first-order valence-electron chi connectivity index (χ1n) is 21.8. The summed E-state index contributed by atoms with van der Waals surface area (Å²) in [5.74, 6) is -11.5. The number of hydrogen-bond acceptors (Lipinski definition) is 13. The molecule has 1 aromatic carbocycles.